The van der Waals surface area contributed by atoms with Gasteiger partial charge >= 0.3 is 0 Å². The highest BCUT2D eigenvalue weighted by atomic mass is 79.9. The summed E-state index contributed by atoms with van der Waals surface area (Å²) < 4.78 is 1.15. The predicted molar refractivity (Wildman–Crippen MR) is 74.4 cm³/mol. The number of thiophene rings is 1. The summed E-state index contributed by atoms with van der Waals surface area (Å²) in [4.78, 5) is 9.25. The van der Waals surface area contributed by atoms with Gasteiger partial charge in [-0.3, -0.25) is 0 Å². The molecular weight excluding hydrogens is 298 g/mol. The lowest BCUT2D eigenvalue weighted by molar-refractivity contribution is 0.594. The number of halogens is 1. The zero-order valence-electron chi connectivity index (χ0n) is 9.59. The van der Waals surface area contributed by atoms with Gasteiger partial charge in [0.2, 0.25) is 0 Å². The first-order valence-corrected chi connectivity index (χ1v) is 7.30. The molecule has 1 fully saturated rings. The van der Waals surface area contributed by atoms with Crippen molar-refractivity contribution in [2.24, 2.45) is 0 Å². The number of nitrogens with zero attached hydrogens (tertiary/aromatic N) is 1. The van der Waals surface area contributed by atoms with Crippen LogP contribution in [0.4, 0.5) is 0 Å². The monoisotopic (exact) mass is 311 g/mol. The Hall–Kier alpha value is -0.650. The molecular formula is C12H14BrN3S. The number of rotatable bonds is 4. The van der Waals surface area contributed by atoms with E-state index in [0.29, 0.717) is 0 Å². The Morgan fingerprint density at radius 1 is 1.53 bits per heavy atom. The fourth-order valence-electron chi connectivity index (χ4n) is 2.16. The summed E-state index contributed by atoms with van der Waals surface area (Å²) in [7, 11) is 2.00. The number of hydrogen-bond donors (Lipinski definition) is 2. The lowest BCUT2D eigenvalue weighted by atomic mass is 10.1. The van der Waals surface area contributed by atoms with Crippen LogP contribution in [0.15, 0.2) is 22.1 Å². The summed E-state index contributed by atoms with van der Waals surface area (Å²) in [5, 5.41) is 3.26. The fourth-order valence-corrected chi connectivity index (χ4v) is 3.51. The van der Waals surface area contributed by atoms with Crippen LogP contribution in [-0.4, -0.2) is 23.6 Å². The molecule has 3 nitrogen and oxygen atoms in total. The van der Waals surface area contributed by atoms with Crippen molar-refractivity contribution in [2.45, 2.75) is 18.3 Å². The largest absolute Gasteiger partial charge is 0.341 e. The van der Waals surface area contributed by atoms with E-state index in [-0.39, 0.29) is 5.41 Å². The van der Waals surface area contributed by atoms with Crippen LogP contribution < -0.4 is 5.32 Å². The first-order chi connectivity index (χ1) is 8.23. The maximum atomic E-state index is 4.55. The van der Waals surface area contributed by atoms with Crippen molar-refractivity contribution in [3.8, 4) is 10.6 Å². The Labute approximate surface area is 113 Å². The molecule has 1 aliphatic rings. The normalized spacial score (nSPS) is 17.3. The summed E-state index contributed by atoms with van der Waals surface area (Å²) in [5.74, 6) is 1.13. The summed E-state index contributed by atoms with van der Waals surface area (Å²) in [6.45, 7) is 1.01. The molecule has 1 aliphatic carbocycles. The van der Waals surface area contributed by atoms with Gasteiger partial charge in [-0.1, -0.05) is 0 Å². The van der Waals surface area contributed by atoms with E-state index in [0.717, 1.165) is 21.8 Å². The molecule has 0 atom stereocenters. The molecule has 2 aromatic rings. The van der Waals surface area contributed by atoms with E-state index in [9.17, 15) is 0 Å². The van der Waals surface area contributed by atoms with Gasteiger partial charge in [0, 0.05) is 12.0 Å². The minimum Gasteiger partial charge on any atom is -0.341 e. The third kappa shape index (κ3) is 2.07. The average molecular weight is 312 g/mol. The van der Waals surface area contributed by atoms with Crippen molar-refractivity contribution in [2.75, 3.05) is 13.6 Å². The molecule has 5 heteroatoms. The number of nitrogens with one attached hydrogen (secondary N) is 2. The van der Waals surface area contributed by atoms with E-state index in [1.54, 1.807) is 11.3 Å². The van der Waals surface area contributed by atoms with Gasteiger partial charge in [0.05, 0.1) is 20.6 Å². The second-order valence-electron chi connectivity index (χ2n) is 4.56. The summed E-state index contributed by atoms with van der Waals surface area (Å²) in [6, 6.07) is 4.19. The average Bonchev–Trinajstić information content (AvgIpc) is 2.79. The molecule has 0 spiro atoms. The van der Waals surface area contributed by atoms with E-state index >= 15 is 0 Å². The van der Waals surface area contributed by atoms with Crippen molar-refractivity contribution in [3.05, 3.63) is 27.9 Å². The zero-order valence-corrected chi connectivity index (χ0v) is 12.0. The second-order valence-corrected chi connectivity index (χ2v) is 7.02. The van der Waals surface area contributed by atoms with Crippen LogP contribution in [-0.2, 0) is 5.41 Å². The molecule has 2 aromatic heterocycles. The van der Waals surface area contributed by atoms with Gasteiger partial charge in [-0.25, -0.2) is 4.98 Å². The molecule has 0 unspecified atom stereocenters. The Morgan fingerprint density at radius 2 is 2.35 bits per heavy atom. The van der Waals surface area contributed by atoms with Crippen molar-refractivity contribution in [3.63, 3.8) is 0 Å². The van der Waals surface area contributed by atoms with Crippen LogP contribution in [0.2, 0.25) is 0 Å². The van der Waals surface area contributed by atoms with Gasteiger partial charge in [0.15, 0.2) is 0 Å². The van der Waals surface area contributed by atoms with Gasteiger partial charge in [-0.05, 0) is 48.0 Å². The maximum Gasteiger partial charge on any atom is 0.114 e. The van der Waals surface area contributed by atoms with Gasteiger partial charge < -0.3 is 10.3 Å². The van der Waals surface area contributed by atoms with E-state index < -0.39 is 0 Å². The van der Waals surface area contributed by atoms with Crippen LogP contribution in [0.3, 0.4) is 0 Å². The lowest BCUT2D eigenvalue weighted by Crippen LogP contribution is -2.24. The molecule has 2 N–H and O–H groups in total. The quantitative estimate of drug-likeness (QED) is 0.910. The predicted octanol–water partition coefficient (Wildman–Crippen LogP) is 3.15. The molecule has 90 valence electrons. The Balaban J connectivity index is 1.88. The molecule has 0 saturated heterocycles. The molecule has 17 heavy (non-hydrogen) atoms. The fraction of sp³-hybridized carbons (Fsp3) is 0.417. The number of H-pyrrole nitrogens is 1. The van der Waals surface area contributed by atoms with E-state index in [1.807, 2.05) is 13.2 Å². The minimum absolute atomic E-state index is 0.265. The first kappa shape index (κ1) is 11.4. The first-order valence-electron chi connectivity index (χ1n) is 5.69. The SMILES string of the molecule is CNCC1(c2ncc(-c3ccc(Br)s3)[nH]2)CC1. The van der Waals surface area contributed by atoms with Crippen molar-refractivity contribution in [1.29, 1.82) is 0 Å². The van der Waals surface area contributed by atoms with Crippen molar-refractivity contribution >= 4 is 27.3 Å². The summed E-state index contributed by atoms with van der Waals surface area (Å²) >= 11 is 5.22. The van der Waals surface area contributed by atoms with Gasteiger partial charge in [-0.15, -0.1) is 11.3 Å². The number of aromatic nitrogens is 2. The molecule has 3 rings (SSSR count). The number of likely N-dealkylation sites (N-methyl/N-ethyl adjacent to an activating group) is 1. The van der Waals surface area contributed by atoms with Gasteiger partial charge in [0.1, 0.15) is 5.82 Å². The number of aromatic amines is 1. The van der Waals surface area contributed by atoms with Crippen LogP contribution in [0.25, 0.3) is 10.6 Å². The van der Waals surface area contributed by atoms with Crippen LogP contribution in [0.1, 0.15) is 18.7 Å². The number of imidazole rings is 1. The van der Waals surface area contributed by atoms with Crippen molar-refractivity contribution in [1.82, 2.24) is 15.3 Å². The third-order valence-electron chi connectivity index (χ3n) is 3.29. The van der Waals surface area contributed by atoms with Crippen LogP contribution in [0, 0.1) is 0 Å². The maximum absolute atomic E-state index is 4.55. The molecule has 0 bridgehead atoms. The lowest BCUT2D eigenvalue weighted by Gasteiger charge is -2.10. The van der Waals surface area contributed by atoms with Crippen LogP contribution in [0.5, 0.6) is 0 Å². The van der Waals surface area contributed by atoms with Crippen LogP contribution >= 0.6 is 27.3 Å². The molecule has 2 heterocycles. The van der Waals surface area contributed by atoms with E-state index in [1.165, 1.54) is 17.7 Å². The highest BCUT2D eigenvalue weighted by Gasteiger charge is 2.46. The van der Waals surface area contributed by atoms with Gasteiger partial charge in [-0.2, -0.15) is 0 Å². The Kier molecular flexibility index (Phi) is 2.84. The van der Waals surface area contributed by atoms with E-state index in [2.05, 4.69) is 43.3 Å². The molecule has 0 amide bonds. The highest BCUT2D eigenvalue weighted by molar-refractivity contribution is 9.11. The third-order valence-corrected chi connectivity index (χ3v) is 4.94. The minimum atomic E-state index is 0.265. The molecule has 0 aromatic carbocycles. The van der Waals surface area contributed by atoms with Crippen molar-refractivity contribution < 1.29 is 0 Å². The van der Waals surface area contributed by atoms with Gasteiger partial charge in [0.25, 0.3) is 0 Å². The molecule has 0 radical (unpaired) electrons. The number of hydrogen-bond acceptors (Lipinski definition) is 3. The summed E-state index contributed by atoms with van der Waals surface area (Å²) in [5.41, 5.74) is 1.39. The summed E-state index contributed by atoms with van der Waals surface area (Å²) in [6.07, 6.45) is 4.41. The zero-order chi connectivity index (χ0) is 11.9. The molecule has 0 aliphatic heterocycles. The Morgan fingerprint density at radius 3 is 2.94 bits per heavy atom. The Bertz CT molecular complexity index is 527. The van der Waals surface area contributed by atoms with E-state index in [4.69, 9.17) is 0 Å². The second kappa shape index (κ2) is 4.23. The topological polar surface area (TPSA) is 40.7 Å². The molecule has 1 saturated carbocycles. The standard InChI is InChI=1S/C12H14BrN3S/c1-14-7-12(4-5-12)11-15-6-8(16-11)9-2-3-10(13)17-9/h2-3,6,14H,4-5,7H2,1H3,(H,15,16). The highest BCUT2D eigenvalue weighted by Crippen LogP contribution is 2.46. The smallest absolute Gasteiger partial charge is 0.114 e.